The number of rotatable bonds is 8. The average Bonchev–Trinajstić information content (AvgIpc) is 2.62. The van der Waals surface area contributed by atoms with Crippen LogP contribution in [0.4, 0.5) is 11.4 Å². The second kappa shape index (κ2) is 10.3. The maximum absolute atomic E-state index is 12.2. The van der Waals surface area contributed by atoms with Gasteiger partial charge < -0.3 is 20.3 Å². The predicted molar refractivity (Wildman–Crippen MR) is 108 cm³/mol. The molecule has 7 heteroatoms. The number of nitrogens with one attached hydrogen (secondary N) is 2. The molecule has 150 valence electrons. The minimum atomic E-state index is -0.138. The molecular weight excluding hydrogens is 344 g/mol. The smallest absolute Gasteiger partial charge is 0.238 e. The zero-order chi connectivity index (χ0) is 19.8. The normalized spacial score (nSPS) is 15.7. The third-order valence-corrected chi connectivity index (χ3v) is 4.74. The van der Waals surface area contributed by atoms with E-state index in [1.807, 2.05) is 31.2 Å². The fraction of sp³-hybridized carbons (Fsp3) is 0.600. The lowest BCUT2D eigenvalue weighted by Crippen LogP contribution is -2.43. The van der Waals surface area contributed by atoms with Crippen molar-refractivity contribution in [3.8, 4) is 0 Å². The third kappa shape index (κ3) is 7.19. The first-order valence-electron chi connectivity index (χ1n) is 9.55. The molecule has 0 radical (unpaired) electrons. The average molecular weight is 377 g/mol. The van der Waals surface area contributed by atoms with Crippen LogP contribution in [0.3, 0.4) is 0 Å². The van der Waals surface area contributed by atoms with Crippen LogP contribution in [0, 0.1) is 5.92 Å². The maximum atomic E-state index is 12.2. The number of carbonyl (C=O) groups is 2. The lowest BCUT2D eigenvalue weighted by molar-refractivity contribution is -0.123. The number of amides is 2. The van der Waals surface area contributed by atoms with E-state index in [1.54, 1.807) is 11.9 Å². The predicted octanol–water partition coefficient (Wildman–Crippen LogP) is 1.55. The van der Waals surface area contributed by atoms with E-state index in [0.29, 0.717) is 5.92 Å². The first-order chi connectivity index (χ1) is 12.8. The molecule has 0 saturated carbocycles. The third-order valence-electron chi connectivity index (χ3n) is 4.74. The molecule has 0 spiro atoms. The van der Waals surface area contributed by atoms with Gasteiger partial charge in [0.2, 0.25) is 11.8 Å². The van der Waals surface area contributed by atoms with Gasteiger partial charge in [0.1, 0.15) is 0 Å². The van der Waals surface area contributed by atoms with Gasteiger partial charge in [0.25, 0.3) is 0 Å². The SMILES string of the molecule is CC(C)[C@H](C)NC(=O)CN(C)CC(=O)Nc1ccc(N2CCOCC2)cc1. The van der Waals surface area contributed by atoms with E-state index < -0.39 is 0 Å². The van der Waals surface area contributed by atoms with Gasteiger partial charge in [-0.3, -0.25) is 14.5 Å². The number of carbonyl (C=O) groups excluding carboxylic acids is 2. The minimum absolute atomic E-state index is 0.0682. The van der Waals surface area contributed by atoms with Gasteiger partial charge >= 0.3 is 0 Å². The zero-order valence-electron chi connectivity index (χ0n) is 16.8. The van der Waals surface area contributed by atoms with E-state index in [-0.39, 0.29) is 30.9 Å². The van der Waals surface area contributed by atoms with Crippen LogP contribution in [0.5, 0.6) is 0 Å². The molecule has 2 rings (SSSR count). The number of nitrogens with zero attached hydrogens (tertiary/aromatic N) is 2. The fourth-order valence-electron chi connectivity index (χ4n) is 2.79. The van der Waals surface area contributed by atoms with Gasteiger partial charge in [-0.15, -0.1) is 0 Å². The molecule has 0 aliphatic carbocycles. The van der Waals surface area contributed by atoms with Crippen LogP contribution < -0.4 is 15.5 Å². The zero-order valence-corrected chi connectivity index (χ0v) is 16.8. The van der Waals surface area contributed by atoms with Crippen LogP contribution in [0.25, 0.3) is 0 Å². The van der Waals surface area contributed by atoms with Gasteiger partial charge in [0.05, 0.1) is 26.3 Å². The second-order valence-corrected chi connectivity index (χ2v) is 7.47. The molecule has 2 amide bonds. The highest BCUT2D eigenvalue weighted by molar-refractivity contribution is 5.92. The summed E-state index contributed by atoms with van der Waals surface area (Å²) in [5, 5.41) is 5.82. The summed E-state index contributed by atoms with van der Waals surface area (Å²) in [4.78, 5) is 28.2. The van der Waals surface area contributed by atoms with Crippen molar-refractivity contribution in [1.29, 1.82) is 0 Å². The summed E-state index contributed by atoms with van der Waals surface area (Å²) in [7, 11) is 1.76. The number of hydrogen-bond acceptors (Lipinski definition) is 5. The number of benzene rings is 1. The van der Waals surface area contributed by atoms with Crippen LogP contribution in [-0.2, 0) is 14.3 Å². The molecule has 1 heterocycles. The molecule has 1 saturated heterocycles. The highest BCUT2D eigenvalue weighted by Gasteiger charge is 2.15. The number of likely N-dealkylation sites (N-methyl/N-ethyl adjacent to an activating group) is 1. The summed E-state index contributed by atoms with van der Waals surface area (Å²) in [6.45, 7) is 9.72. The molecule has 0 bridgehead atoms. The monoisotopic (exact) mass is 376 g/mol. The molecule has 1 aliphatic heterocycles. The Morgan fingerprint density at radius 1 is 1.07 bits per heavy atom. The van der Waals surface area contributed by atoms with E-state index in [4.69, 9.17) is 4.74 Å². The molecule has 0 unspecified atom stereocenters. The molecule has 7 nitrogen and oxygen atoms in total. The van der Waals surface area contributed by atoms with Crippen molar-refractivity contribution in [3.05, 3.63) is 24.3 Å². The van der Waals surface area contributed by atoms with Gasteiger partial charge in [-0.25, -0.2) is 0 Å². The van der Waals surface area contributed by atoms with Crippen LogP contribution in [0.1, 0.15) is 20.8 Å². The number of ether oxygens (including phenoxy) is 1. The van der Waals surface area contributed by atoms with E-state index in [0.717, 1.165) is 37.7 Å². The van der Waals surface area contributed by atoms with Gasteiger partial charge in [0, 0.05) is 30.5 Å². The quantitative estimate of drug-likeness (QED) is 0.720. The van der Waals surface area contributed by atoms with E-state index in [9.17, 15) is 9.59 Å². The van der Waals surface area contributed by atoms with Gasteiger partial charge in [0.15, 0.2) is 0 Å². The van der Waals surface area contributed by atoms with Crippen LogP contribution >= 0.6 is 0 Å². The molecule has 2 N–H and O–H groups in total. The Hall–Kier alpha value is -2.12. The van der Waals surface area contributed by atoms with Crippen molar-refractivity contribution in [2.45, 2.75) is 26.8 Å². The first-order valence-corrected chi connectivity index (χ1v) is 9.55. The van der Waals surface area contributed by atoms with Crippen molar-refractivity contribution < 1.29 is 14.3 Å². The number of anilines is 2. The van der Waals surface area contributed by atoms with Crippen LogP contribution in [0.15, 0.2) is 24.3 Å². The summed E-state index contributed by atoms with van der Waals surface area (Å²) in [6.07, 6.45) is 0. The van der Waals surface area contributed by atoms with Gasteiger partial charge in [-0.2, -0.15) is 0 Å². The summed E-state index contributed by atoms with van der Waals surface area (Å²) in [5.74, 6) is 0.172. The maximum Gasteiger partial charge on any atom is 0.238 e. The van der Waals surface area contributed by atoms with Gasteiger partial charge in [-0.1, -0.05) is 13.8 Å². The summed E-state index contributed by atoms with van der Waals surface area (Å²) < 4.78 is 5.36. The Labute approximate surface area is 162 Å². The molecule has 27 heavy (non-hydrogen) atoms. The highest BCUT2D eigenvalue weighted by Crippen LogP contribution is 2.19. The van der Waals surface area contributed by atoms with Crippen LogP contribution in [0.2, 0.25) is 0 Å². The van der Waals surface area contributed by atoms with Crippen molar-refractivity contribution in [1.82, 2.24) is 10.2 Å². The Balaban J connectivity index is 1.76. The van der Waals surface area contributed by atoms with Crippen molar-refractivity contribution in [2.24, 2.45) is 5.92 Å². The van der Waals surface area contributed by atoms with Crippen molar-refractivity contribution >= 4 is 23.2 Å². The highest BCUT2D eigenvalue weighted by atomic mass is 16.5. The molecule has 1 aliphatic rings. The summed E-state index contributed by atoms with van der Waals surface area (Å²) >= 11 is 0. The molecule has 1 atom stereocenters. The molecular formula is C20H32N4O3. The molecule has 1 aromatic rings. The number of hydrogen-bond donors (Lipinski definition) is 2. The summed E-state index contributed by atoms with van der Waals surface area (Å²) in [5.41, 5.74) is 1.88. The van der Waals surface area contributed by atoms with Crippen molar-refractivity contribution in [3.63, 3.8) is 0 Å². The Bertz CT molecular complexity index is 612. The lowest BCUT2D eigenvalue weighted by Gasteiger charge is -2.28. The first kappa shape index (κ1) is 21.2. The standard InChI is InChI=1S/C20H32N4O3/c1-15(2)16(3)21-19(25)13-23(4)14-20(26)22-17-5-7-18(8-6-17)24-9-11-27-12-10-24/h5-8,15-16H,9-14H2,1-4H3,(H,21,25)(H,22,26)/t16-/m0/s1. The summed E-state index contributed by atoms with van der Waals surface area (Å²) in [6, 6.07) is 7.93. The molecule has 1 aromatic carbocycles. The Morgan fingerprint density at radius 2 is 1.67 bits per heavy atom. The lowest BCUT2D eigenvalue weighted by atomic mass is 10.1. The molecule has 0 aromatic heterocycles. The minimum Gasteiger partial charge on any atom is -0.378 e. The largest absolute Gasteiger partial charge is 0.378 e. The number of morpholine rings is 1. The molecule has 1 fully saturated rings. The van der Waals surface area contributed by atoms with Gasteiger partial charge in [-0.05, 0) is 44.2 Å². The Morgan fingerprint density at radius 3 is 2.26 bits per heavy atom. The van der Waals surface area contributed by atoms with E-state index in [1.165, 1.54) is 0 Å². The Kier molecular flexibility index (Phi) is 8.06. The van der Waals surface area contributed by atoms with E-state index in [2.05, 4.69) is 29.4 Å². The second-order valence-electron chi connectivity index (χ2n) is 7.47. The van der Waals surface area contributed by atoms with Crippen molar-refractivity contribution in [2.75, 3.05) is 56.7 Å². The van der Waals surface area contributed by atoms with Crippen LogP contribution in [-0.4, -0.2) is 69.2 Å². The topological polar surface area (TPSA) is 73.9 Å². The van der Waals surface area contributed by atoms with E-state index >= 15 is 0 Å². The fourth-order valence-corrected chi connectivity index (χ4v) is 2.79.